The van der Waals surface area contributed by atoms with Crippen LogP contribution in [-0.2, 0) is 0 Å². The molecule has 0 aromatic rings. The van der Waals surface area contributed by atoms with E-state index in [0.29, 0.717) is 6.54 Å². The molecule has 0 fully saturated rings. The first kappa shape index (κ1) is 28.1. The summed E-state index contributed by atoms with van der Waals surface area (Å²) in [6.45, 7) is 5.04. The van der Waals surface area contributed by atoms with Gasteiger partial charge in [0.15, 0.2) is 0 Å². The summed E-state index contributed by atoms with van der Waals surface area (Å²) in [5.74, 6) is 1.06. The standard InChI is InChI=1S/C22H42N2O.BH3O3/c1-2-3-4-5-6-7-8-9-10-11-12-13-14-15-16-17-22-23-18-19-24(22)20-21-25;2-1(3)4/h16-17,25H,2-15,18-21H2,1H3;2-4H/b17-16+;. The van der Waals surface area contributed by atoms with Crippen molar-refractivity contribution in [1.82, 2.24) is 4.90 Å². The molecule has 4 N–H and O–H groups in total. The highest BCUT2D eigenvalue weighted by Gasteiger charge is 2.12. The topological polar surface area (TPSA) is 96.5 Å². The molecule has 7 heteroatoms. The van der Waals surface area contributed by atoms with Gasteiger partial charge >= 0.3 is 7.32 Å². The third-order valence-corrected chi connectivity index (χ3v) is 5.08. The fourth-order valence-corrected chi connectivity index (χ4v) is 3.47. The Morgan fingerprint density at radius 2 is 1.34 bits per heavy atom. The second-order valence-electron chi connectivity index (χ2n) is 7.73. The summed E-state index contributed by atoms with van der Waals surface area (Å²) >= 11 is 0. The van der Waals surface area contributed by atoms with Crippen molar-refractivity contribution in [2.45, 2.75) is 96.8 Å². The van der Waals surface area contributed by atoms with E-state index in [1.165, 1.54) is 83.5 Å². The molecule has 1 aliphatic heterocycles. The molecule has 0 saturated carbocycles. The molecular weight excluding hydrogens is 367 g/mol. The first-order chi connectivity index (χ1) is 14.1. The zero-order chi connectivity index (χ0) is 21.6. The summed E-state index contributed by atoms with van der Waals surface area (Å²) in [4.78, 5) is 6.65. The highest BCUT2D eigenvalue weighted by atomic mass is 16.5. The van der Waals surface area contributed by atoms with Gasteiger partial charge in [0.25, 0.3) is 0 Å². The minimum Gasteiger partial charge on any atom is -0.402 e. The van der Waals surface area contributed by atoms with Gasteiger partial charge in [-0.1, -0.05) is 90.0 Å². The number of aliphatic imine (C=N–C) groups is 1. The molecule has 170 valence electrons. The lowest BCUT2D eigenvalue weighted by Crippen LogP contribution is -2.29. The number of amidine groups is 1. The van der Waals surface area contributed by atoms with E-state index in [1.54, 1.807) is 0 Å². The number of unbranched alkanes of at least 4 members (excludes halogenated alkanes) is 13. The van der Waals surface area contributed by atoms with Gasteiger partial charge in [0.1, 0.15) is 5.84 Å². The maximum Gasteiger partial charge on any atom is 0.631 e. The average molecular weight is 412 g/mol. The average Bonchev–Trinajstić information content (AvgIpc) is 3.12. The van der Waals surface area contributed by atoms with Crippen molar-refractivity contribution in [3.8, 4) is 0 Å². The predicted molar refractivity (Wildman–Crippen MR) is 123 cm³/mol. The number of β-amino-alcohol motifs (C(OH)–C–C–N with tert-alkyl or cyclic N) is 1. The van der Waals surface area contributed by atoms with Gasteiger partial charge < -0.3 is 25.1 Å². The van der Waals surface area contributed by atoms with Gasteiger partial charge in [-0.05, 0) is 18.9 Å². The Morgan fingerprint density at radius 3 is 1.83 bits per heavy atom. The molecular formula is C22H45BN2O4. The molecule has 0 bridgehead atoms. The van der Waals surface area contributed by atoms with Gasteiger partial charge in [-0.25, -0.2) is 0 Å². The summed E-state index contributed by atoms with van der Waals surface area (Å²) in [5, 5.41) is 30.5. The Labute approximate surface area is 178 Å². The van der Waals surface area contributed by atoms with E-state index in [2.05, 4.69) is 29.0 Å². The lowest BCUT2D eigenvalue weighted by Gasteiger charge is -2.16. The van der Waals surface area contributed by atoms with Crippen LogP contribution >= 0.6 is 0 Å². The molecule has 0 aliphatic carbocycles. The van der Waals surface area contributed by atoms with Crippen LogP contribution in [0.25, 0.3) is 0 Å². The number of hydrogen-bond acceptors (Lipinski definition) is 6. The van der Waals surface area contributed by atoms with Crippen LogP contribution in [0.5, 0.6) is 0 Å². The van der Waals surface area contributed by atoms with Crippen LogP contribution < -0.4 is 0 Å². The summed E-state index contributed by atoms with van der Waals surface area (Å²) in [5.41, 5.74) is 0. The van der Waals surface area contributed by atoms with E-state index in [1.807, 2.05) is 0 Å². The molecule has 0 aromatic carbocycles. The van der Waals surface area contributed by atoms with Crippen molar-refractivity contribution in [3.05, 3.63) is 12.2 Å². The highest BCUT2D eigenvalue weighted by molar-refractivity contribution is 6.30. The van der Waals surface area contributed by atoms with Crippen molar-refractivity contribution >= 4 is 13.2 Å². The number of nitrogens with zero attached hydrogens (tertiary/aromatic N) is 2. The Hall–Kier alpha value is -0.885. The molecule has 1 rings (SSSR count). The van der Waals surface area contributed by atoms with Crippen LogP contribution in [0.2, 0.25) is 0 Å². The normalized spacial score (nSPS) is 13.6. The van der Waals surface area contributed by atoms with Crippen LogP contribution in [0.15, 0.2) is 17.1 Å². The molecule has 6 nitrogen and oxygen atoms in total. The predicted octanol–water partition coefficient (Wildman–Crippen LogP) is 3.68. The largest absolute Gasteiger partial charge is 0.631 e. The second-order valence-corrected chi connectivity index (χ2v) is 7.73. The van der Waals surface area contributed by atoms with E-state index < -0.39 is 7.32 Å². The molecule has 0 unspecified atom stereocenters. The molecule has 0 spiro atoms. The molecule has 0 amide bonds. The molecule has 1 heterocycles. The zero-order valence-corrected chi connectivity index (χ0v) is 18.6. The van der Waals surface area contributed by atoms with Crippen LogP contribution in [-0.4, -0.2) is 64.5 Å². The van der Waals surface area contributed by atoms with E-state index in [4.69, 9.17) is 20.2 Å². The quantitative estimate of drug-likeness (QED) is 0.216. The zero-order valence-electron chi connectivity index (χ0n) is 18.6. The van der Waals surface area contributed by atoms with Gasteiger partial charge in [-0.15, -0.1) is 0 Å². The van der Waals surface area contributed by atoms with Gasteiger partial charge in [0.2, 0.25) is 0 Å². The van der Waals surface area contributed by atoms with Gasteiger partial charge in [-0.2, -0.15) is 0 Å². The van der Waals surface area contributed by atoms with Gasteiger partial charge in [-0.3, -0.25) is 4.99 Å². The van der Waals surface area contributed by atoms with E-state index in [0.717, 1.165) is 25.3 Å². The van der Waals surface area contributed by atoms with Crippen LogP contribution in [0, 0.1) is 0 Å². The third-order valence-electron chi connectivity index (χ3n) is 5.08. The van der Waals surface area contributed by atoms with Gasteiger partial charge in [0, 0.05) is 13.1 Å². The lowest BCUT2D eigenvalue weighted by molar-refractivity contribution is 0.257. The second kappa shape index (κ2) is 21.8. The van der Waals surface area contributed by atoms with Crippen molar-refractivity contribution in [2.24, 2.45) is 4.99 Å². The molecule has 0 saturated heterocycles. The van der Waals surface area contributed by atoms with Crippen LogP contribution in [0.3, 0.4) is 0 Å². The molecule has 0 atom stereocenters. The summed E-state index contributed by atoms with van der Waals surface area (Å²) in [7, 11) is -2.17. The van der Waals surface area contributed by atoms with Crippen LogP contribution in [0.1, 0.15) is 96.8 Å². The maximum absolute atomic E-state index is 9.03. The summed E-state index contributed by atoms with van der Waals surface area (Å²) < 4.78 is 0. The Kier molecular flexibility index (Phi) is 21.1. The molecule has 0 radical (unpaired) electrons. The lowest BCUT2D eigenvalue weighted by atomic mass is 10.0. The molecule has 1 aliphatic rings. The maximum atomic E-state index is 9.03. The van der Waals surface area contributed by atoms with Gasteiger partial charge in [0.05, 0.1) is 13.2 Å². The highest BCUT2D eigenvalue weighted by Crippen LogP contribution is 2.13. The van der Waals surface area contributed by atoms with Crippen molar-refractivity contribution in [3.63, 3.8) is 0 Å². The molecule has 29 heavy (non-hydrogen) atoms. The first-order valence-corrected chi connectivity index (χ1v) is 11.7. The number of rotatable bonds is 17. The summed E-state index contributed by atoms with van der Waals surface area (Å²) in [6.07, 6.45) is 23.9. The minimum absolute atomic E-state index is 0.214. The Balaban J connectivity index is 0.00000178. The summed E-state index contributed by atoms with van der Waals surface area (Å²) in [6, 6.07) is 0. The smallest absolute Gasteiger partial charge is 0.402 e. The van der Waals surface area contributed by atoms with Crippen molar-refractivity contribution in [2.75, 3.05) is 26.2 Å². The van der Waals surface area contributed by atoms with E-state index >= 15 is 0 Å². The number of allylic oxidation sites excluding steroid dienone is 1. The van der Waals surface area contributed by atoms with Crippen molar-refractivity contribution in [1.29, 1.82) is 0 Å². The monoisotopic (exact) mass is 412 g/mol. The number of hydrogen-bond donors (Lipinski definition) is 4. The third kappa shape index (κ3) is 20.2. The SMILES string of the molecule is CCCCCCCCCCCCCCC/C=C/C1=NCCN1CCO.OB(O)O. The first-order valence-electron chi connectivity index (χ1n) is 11.7. The minimum atomic E-state index is -2.17. The fraction of sp³-hybridized carbons (Fsp3) is 0.864. The number of aliphatic hydroxyl groups is 1. The Morgan fingerprint density at radius 1 is 0.862 bits per heavy atom. The van der Waals surface area contributed by atoms with E-state index in [-0.39, 0.29) is 6.61 Å². The fourth-order valence-electron chi connectivity index (χ4n) is 3.47. The molecule has 0 aromatic heterocycles. The van der Waals surface area contributed by atoms with Crippen molar-refractivity contribution < 1.29 is 20.2 Å². The number of aliphatic hydroxyl groups excluding tert-OH is 1. The van der Waals surface area contributed by atoms with Crippen LogP contribution in [0.4, 0.5) is 0 Å². The Bertz CT molecular complexity index is 404. The van der Waals surface area contributed by atoms with E-state index in [9.17, 15) is 0 Å².